The van der Waals surface area contributed by atoms with E-state index >= 15 is 0 Å². The molecule has 0 atom stereocenters. The van der Waals surface area contributed by atoms with Crippen LogP contribution in [0.15, 0.2) is 85.2 Å². The van der Waals surface area contributed by atoms with Gasteiger partial charge in [0, 0.05) is 24.3 Å². The van der Waals surface area contributed by atoms with E-state index in [1.165, 1.54) is 0 Å². The maximum absolute atomic E-state index is 14.4. The third kappa shape index (κ3) is 5.70. The number of pyridine rings is 2. The van der Waals surface area contributed by atoms with Gasteiger partial charge in [-0.15, -0.1) is 0 Å². The molecule has 4 rings (SSSR count). The average molecular weight is 580 g/mol. The zero-order valence-corrected chi connectivity index (χ0v) is 20.1. The van der Waals surface area contributed by atoms with Crippen molar-refractivity contribution in [3.05, 3.63) is 117 Å². The number of hydrogen-bond acceptors (Lipinski definition) is 8. The second kappa shape index (κ2) is 10.7. The Hall–Kier alpha value is -5.28. The molecule has 16 heteroatoms. The normalized spacial score (nSPS) is 12.0. The van der Waals surface area contributed by atoms with E-state index < -0.39 is 38.7 Å². The SMILES string of the molecule is O=[N+]([O-])c1ccc(Oc2ccc(C(c3ccc(Oc4ccc([N+](=O)[O-])cn4)cc3)(C(F)(F)F)C(F)(F)F)cc2)nc1. The van der Waals surface area contributed by atoms with Gasteiger partial charge in [-0.25, -0.2) is 9.97 Å². The first-order valence-electron chi connectivity index (χ1n) is 11.1. The lowest BCUT2D eigenvalue weighted by atomic mass is 9.73. The van der Waals surface area contributed by atoms with Crippen LogP contribution in [0.5, 0.6) is 23.3 Å². The molecular formula is C25H14F6N4O6. The van der Waals surface area contributed by atoms with E-state index in [0.717, 1.165) is 60.9 Å². The third-order valence-electron chi connectivity index (χ3n) is 5.73. The fraction of sp³-hybridized carbons (Fsp3) is 0.120. The van der Waals surface area contributed by atoms with Gasteiger partial charge >= 0.3 is 12.4 Å². The summed E-state index contributed by atoms with van der Waals surface area (Å²) in [5, 5.41) is 21.4. The number of benzene rings is 2. The van der Waals surface area contributed by atoms with Crippen LogP contribution in [0.3, 0.4) is 0 Å². The van der Waals surface area contributed by atoms with E-state index in [4.69, 9.17) is 9.47 Å². The molecule has 0 N–H and O–H groups in total. The number of aromatic nitrogens is 2. The van der Waals surface area contributed by atoms with Gasteiger partial charge in [-0.1, -0.05) is 24.3 Å². The van der Waals surface area contributed by atoms with Crippen molar-refractivity contribution in [2.45, 2.75) is 17.8 Å². The molecule has 0 aliphatic heterocycles. The third-order valence-corrected chi connectivity index (χ3v) is 5.73. The molecule has 212 valence electrons. The summed E-state index contributed by atoms with van der Waals surface area (Å²) in [6, 6.07) is 10.3. The van der Waals surface area contributed by atoms with Crippen molar-refractivity contribution in [1.29, 1.82) is 0 Å². The molecular weight excluding hydrogens is 566 g/mol. The second-order valence-electron chi connectivity index (χ2n) is 8.22. The summed E-state index contributed by atoms with van der Waals surface area (Å²) in [6.07, 6.45) is -9.97. The maximum Gasteiger partial charge on any atom is 0.411 e. The van der Waals surface area contributed by atoms with E-state index in [1.807, 2.05) is 0 Å². The largest absolute Gasteiger partial charge is 0.439 e. The van der Waals surface area contributed by atoms with Crippen LogP contribution in [0.4, 0.5) is 37.7 Å². The fourth-order valence-corrected chi connectivity index (χ4v) is 3.85. The zero-order chi connectivity index (χ0) is 30.0. The van der Waals surface area contributed by atoms with Crippen molar-refractivity contribution in [3.8, 4) is 23.3 Å². The molecule has 0 aliphatic carbocycles. The molecule has 2 aromatic heterocycles. The number of hydrogen-bond donors (Lipinski definition) is 0. The van der Waals surface area contributed by atoms with Crippen LogP contribution in [0.1, 0.15) is 11.1 Å². The highest BCUT2D eigenvalue weighted by Crippen LogP contribution is 2.56. The van der Waals surface area contributed by atoms with Crippen LogP contribution >= 0.6 is 0 Å². The van der Waals surface area contributed by atoms with Gasteiger partial charge in [0.05, 0.1) is 9.85 Å². The van der Waals surface area contributed by atoms with Crippen molar-refractivity contribution in [2.24, 2.45) is 0 Å². The van der Waals surface area contributed by atoms with Gasteiger partial charge in [0.15, 0.2) is 0 Å². The van der Waals surface area contributed by atoms with Crippen LogP contribution in [-0.4, -0.2) is 32.2 Å². The van der Waals surface area contributed by atoms with E-state index in [2.05, 4.69) is 9.97 Å². The molecule has 4 aromatic rings. The van der Waals surface area contributed by atoms with Crippen LogP contribution in [0.25, 0.3) is 0 Å². The van der Waals surface area contributed by atoms with Crippen molar-refractivity contribution in [2.75, 3.05) is 0 Å². The molecule has 0 spiro atoms. The molecule has 2 aromatic carbocycles. The van der Waals surface area contributed by atoms with Crippen molar-refractivity contribution in [3.63, 3.8) is 0 Å². The lowest BCUT2D eigenvalue weighted by molar-refractivity contribution is -0.385. The predicted octanol–water partition coefficient (Wildman–Crippen LogP) is 7.29. The highest BCUT2D eigenvalue weighted by molar-refractivity contribution is 5.48. The van der Waals surface area contributed by atoms with Crippen LogP contribution in [0.2, 0.25) is 0 Å². The number of halogens is 6. The zero-order valence-electron chi connectivity index (χ0n) is 20.1. The van der Waals surface area contributed by atoms with Gasteiger partial charge in [0.25, 0.3) is 11.4 Å². The lowest BCUT2D eigenvalue weighted by Gasteiger charge is -2.38. The highest BCUT2D eigenvalue weighted by atomic mass is 19.4. The van der Waals surface area contributed by atoms with Crippen molar-refractivity contribution >= 4 is 11.4 Å². The fourth-order valence-electron chi connectivity index (χ4n) is 3.85. The van der Waals surface area contributed by atoms with Gasteiger partial charge < -0.3 is 9.47 Å². The number of nitrogens with zero attached hydrogens (tertiary/aromatic N) is 4. The topological polar surface area (TPSA) is 131 Å². The molecule has 0 radical (unpaired) electrons. The number of rotatable bonds is 8. The molecule has 2 heterocycles. The highest BCUT2D eigenvalue weighted by Gasteiger charge is 2.72. The van der Waals surface area contributed by atoms with Crippen LogP contribution < -0.4 is 9.47 Å². The number of ether oxygens (including phenoxy) is 2. The van der Waals surface area contributed by atoms with Crippen molar-refractivity contribution in [1.82, 2.24) is 9.97 Å². The van der Waals surface area contributed by atoms with Crippen LogP contribution in [0, 0.1) is 20.2 Å². The minimum absolute atomic E-state index is 0.173. The Bertz CT molecular complexity index is 1420. The Kier molecular flexibility index (Phi) is 7.50. The second-order valence-corrected chi connectivity index (χ2v) is 8.22. The summed E-state index contributed by atoms with van der Waals surface area (Å²) < 4.78 is 97.2. The maximum atomic E-state index is 14.4. The van der Waals surface area contributed by atoms with Gasteiger partial charge in [0.2, 0.25) is 17.2 Å². The summed E-state index contributed by atoms with van der Waals surface area (Å²) in [5.41, 5.74) is -7.48. The first-order chi connectivity index (χ1) is 19.2. The van der Waals surface area contributed by atoms with Gasteiger partial charge in [-0.2, -0.15) is 26.3 Å². The quantitative estimate of drug-likeness (QED) is 0.121. The minimum atomic E-state index is -5.85. The summed E-state index contributed by atoms with van der Waals surface area (Å²) >= 11 is 0. The molecule has 0 fully saturated rings. The van der Waals surface area contributed by atoms with Gasteiger partial charge in [0.1, 0.15) is 23.9 Å². The molecule has 0 saturated heterocycles. The van der Waals surface area contributed by atoms with Crippen LogP contribution in [-0.2, 0) is 5.41 Å². The predicted molar refractivity (Wildman–Crippen MR) is 128 cm³/mol. The Balaban J connectivity index is 1.67. The molecule has 0 bridgehead atoms. The minimum Gasteiger partial charge on any atom is -0.439 e. The van der Waals surface area contributed by atoms with E-state index in [1.54, 1.807) is 0 Å². The van der Waals surface area contributed by atoms with Gasteiger partial charge in [-0.3, -0.25) is 20.2 Å². The Morgan fingerprint density at radius 1 is 0.561 bits per heavy atom. The monoisotopic (exact) mass is 580 g/mol. The Morgan fingerprint density at radius 2 is 0.902 bits per heavy atom. The Morgan fingerprint density at radius 3 is 1.15 bits per heavy atom. The molecule has 0 aliphatic rings. The molecule has 41 heavy (non-hydrogen) atoms. The first kappa shape index (κ1) is 28.7. The van der Waals surface area contributed by atoms with E-state index in [0.29, 0.717) is 24.3 Å². The van der Waals surface area contributed by atoms with E-state index in [9.17, 15) is 46.6 Å². The molecule has 10 nitrogen and oxygen atoms in total. The standard InChI is InChI=1S/C25H14F6N4O6/c26-24(27,28)23(25(29,30)31,15-1-7-19(8-2-15)40-21-11-5-17(13-32-21)34(36)37)16-3-9-20(10-4-16)41-22-12-6-18(14-33-22)35(38)39/h1-14H. The number of alkyl halides is 6. The molecule has 0 saturated carbocycles. The molecule has 0 unspecified atom stereocenters. The summed E-state index contributed by atoms with van der Waals surface area (Å²) in [7, 11) is 0. The summed E-state index contributed by atoms with van der Waals surface area (Å²) in [6.45, 7) is 0. The summed E-state index contributed by atoms with van der Waals surface area (Å²) in [4.78, 5) is 27.4. The average Bonchev–Trinajstić information content (AvgIpc) is 2.90. The summed E-state index contributed by atoms with van der Waals surface area (Å²) in [5.74, 6) is -0.709. The van der Waals surface area contributed by atoms with Gasteiger partial charge in [-0.05, 0) is 35.4 Å². The molecule has 0 amide bonds. The smallest absolute Gasteiger partial charge is 0.411 e. The first-order valence-corrected chi connectivity index (χ1v) is 11.1. The lowest BCUT2D eigenvalue weighted by Crippen LogP contribution is -2.54. The van der Waals surface area contributed by atoms with Crippen molar-refractivity contribution < 1.29 is 45.7 Å². The number of nitro groups is 2. The Labute approximate surface area is 225 Å². The van der Waals surface area contributed by atoms with E-state index in [-0.39, 0.29) is 34.6 Å².